The van der Waals surface area contributed by atoms with Crippen LogP contribution >= 0.6 is 0 Å². The molecule has 1 aromatic rings. The SMILES string of the molecule is C1=CC2c3ccccc3N(C3NNC4CCCCC43)C2CC1. The summed E-state index contributed by atoms with van der Waals surface area (Å²) in [6.07, 6.45) is 13.3. The second-order valence-electron chi connectivity index (χ2n) is 7.35. The molecule has 1 saturated heterocycles. The summed E-state index contributed by atoms with van der Waals surface area (Å²) < 4.78 is 0. The fourth-order valence-electron chi connectivity index (χ4n) is 5.27. The molecule has 4 aliphatic rings. The average molecular weight is 295 g/mol. The second-order valence-corrected chi connectivity index (χ2v) is 7.35. The van der Waals surface area contributed by atoms with Crippen molar-refractivity contribution in [1.82, 2.24) is 10.9 Å². The Morgan fingerprint density at radius 3 is 2.91 bits per heavy atom. The van der Waals surface area contributed by atoms with Crippen LogP contribution in [0, 0.1) is 5.92 Å². The van der Waals surface area contributed by atoms with Crippen LogP contribution in [0.1, 0.15) is 50.0 Å². The molecule has 0 bridgehead atoms. The first-order valence-electron chi connectivity index (χ1n) is 8.98. The van der Waals surface area contributed by atoms with Gasteiger partial charge in [-0.3, -0.25) is 5.43 Å². The zero-order chi connectivity index (χ0) is 14.5. The Morgan fingerprint density at radius 2 is 1.91 bits per heavy atom. The molecule has 0 radical (unpaired) electrons. The zero-order valence-corrected chi connectivity index (χ0v) is 13.0. The van der Waals surface area contributed by atoms with Gasteiger partial charge in [0.1, 0.15) is 0 Å². The van der Waals surface area contributed by atoms with Crippen LogP contribution in [-0.4, -0.2) is 18.2 Å². The normalized spacial score (nSPS) is 39.5. The number of allylic oxidation sites excluding steroid dienone is 1. The highest BCUT2D eigenvalue weighted by molar-refractivity contribution is 5.64. The fraction of sp³-hybridized carbons (Fsp3) is 0.579. The van der Waals surface area contributed by atoms with E-state index in [0.29, 0.717) is 24.2 Å². The summed E-state index contributed by atoms with van der Waals surface area (Å²) >= 11 is 0. The minimum absolute atomic E-state index is 0.466. The zero-order valence-electron chi connectivity index (χ0n) is 13.0. The summed E-state index contributed by atoms with van der Waals surface area (Å²) in [5.41, 5.74) is 10.3. The number of hydrogen-bond donors (Lipinski definition) is 2. The molecule has 0 amide bonds. The number of para-hydroxylation sites is 1. The van der Waals surface area contributed by atoms with Crippen LogP contribution in [0.5, 0.6) is 0 Å². The lowest BCUT2D eigenvalue weighted by Gasteiger charge is -2.39. The number of hydrogen-bond acceptors (Lipinski definition) is 3. The van der Waals surface area contributed by atoms with Crippen molar-refractivity contribution in [1.29, 1.82) is 0 Å². The van der Waals surface area contributed by atoms with Crippen LogP contribution in [0.15, 0.2) is 36.4 Å². The van der Waals surface area contributed by atoms with E-state index in [1.165, 1.54) is 49.8 Å². The van der Waals surface area contributed by atoms with Gasteiger partial charge >= 0.3 is 0 Å². The lowest BCUT2D eigenvalue weighted by Crippen LogP contribution is -2.51. The minimum atomic E-state index is 0.466. The smallest absolute Gasteiger partial charge is 0.0969 e. The maximum atomic E-state index is 3.67. The van der Waals surface area contributed by atoms with E-state index in [2.05, 4.69) is 52.2 Å². The van der Waals surface area contributed by atoms with Gasteiger partial charge in [0.2, 0.25) is 0 Å². The van der Waals surface area contributed by atoms with Gasteiger partial charge in [-0.2, -0.15) is 0 Å². The summed E-state index contributed by atoms with van der Waals surface area (Å²) in [5.74, 6) is 1.35. The highest BCUT2D eigenvalue weighted by Crippen LogP contribution is 2.48. The molecule has 3 heteroatoms. The Morgan fingerprint density at radius 1 is 1.00 bits per heavy atom. The maximum absolute atomic E-state index is 3.67. The molecule has 0 spiro atoms. The Kier molecular flexibility index (Phi) is 3.05. The molecule has 5 unspecified atom stereocenters. The van der Waals surface area contributed by atoms with Crippen molar-refractivity contribution in [2.75, 3.05) is 4.90 Å². The van der Waals surface area contributed by atoms with Crippen LogP contribution in [0.25, 0.3) is 0 Å². The van der Waals surface area contributed by atoms with Crippen molar-refractivity contribution < 1.29 is 0 Å². The largest absolute Gasteiger partial charge is 0.350 e. The Balaban J connectivity index is 1.54. The predicted molar refractivity (Wildman–Crippen MR) is 89.6 cm³/mol. The molecule has 5 rings (SSSR count). The number of rotatable bonds is 1. The lowest BCUT2D eigenvalue weighted by atomic mass is 9.83. The molecular weight excluding hydrogens is 270 g/mol. The van der Waals surface area contributed by atoms with Crippen LogP contribution in [0.2, 0.25) is 0 Å². The third-order valence-corrected chi connectivity index (χ3v) is 6.26. The van der Waals surface area contributed by atoms with Crippen molar-refractivity contribution >= 4 is 5.69 Å². The quantitative estimate of drug-likeness (QED) is 0.779. The second kappa shape index (κ2) is 5.10. The van der Waals surface area contributed by atoms with Gasteiger partial charge in [-0.1, -0.05) is 43.2 Å². The summed E-state index contributed by atoms with van der Waals surface area (Å²) in [6, 6.07) is 10.4. The van der Waals surface area contributed by atoms with Crippen LogP contribution in [-0.2, 0) is 0 Å². The predicted octanol–water partition coefficient (Wildman–Crippen LogP) is 3.30. The van der Waals surface area contributed by atoms with Gasteiger partial charge in [0, 0.05) is 29.6 Å². The van der Waals surface area contributed by atoms with E-state index < -0.39 is 0 Å². The number of anilines is 1. The highest BCUT2D eigenvalue weighted by atomic mass is 15.5. The fourth-order valence-corrected chi connectivity index (χ4v) is 5.27. The number of benzene rings is 1. The van der Waals surface area contributed by atoms with E-state index in [0.717, 1.165) is 5.92 Å². The number of hydrazine groups is 1. The Labute approximate surface area is 132 Å². The van der Waals surface area contributed by atoms with Crippen molar-refractivity contribution in [2.45, 2.75) is 62.7 Å². The third-order valence-electron chi connectivity index (χ3n) is 6.26. The molecule has 22 heavy (non-hydrogen) atoms. The number of fused-ring (bicyclic) bond motifs is 4. The molecular formula is C19H25N3. The maximum Gasteiger partial charge on any atom is 0.0969 e. The van der Waals surface area contributed by atoms with Crippen molar-refractivity contribution in [2.24, 2.45) is 5.92 Å². The van der Waals surface area contributed by atoms with Gasteiger partial charge in [-0.05, 0) is 37.3 Å². The van der Waals surface area contributed by atoms with Gasteiger partial charge in [-0.25, -0.2) is 5.43 Å². The van der Waals surface area contributed by atoms with E-state index in [4.69, 9.17) is 0 Å². The molecule has 3 nitrogen and oxygen atoms in total. The number of nitrogens with one attached hydrogen (secondary N) is 2. The number of nitrogens with zero attached hydrogens (tertiary/aromatic N) is 1. The molecule has 1 aromatic carbocycles. The van der Waals surface area contributed by atoms with Crippen molar-refractivity contribution in [3.63, 3.8) is 0 Å². The van der Waals surface area contributed by atoms with Gasteiger partial charge in [-0.15, -0.1) is 0 Å². The van der Waals surface area contributed by atoms with Crippen LogP contribution < -0.4 is 15.8 Å². The third kappa shape index (κ3) is 1.82. The summed E-state index contributed by atoms with van der Waals surface area (Å²) in [6.45, 7) is 0. The Bertz CT molecular complexity index is 596. The molecule has 2 N–H and O–H groups in total. The summed E-state index contributed by atoms with van der Waals surface area (Å²) in [4.78, 5) is 2.73. The standard InChI is InChI=1S/C19H25N3/c1-4-10-16-15(9-1)19(21-20-16)22-17-11-5-2-7-13(17)14-8-3-6-12-18(14)22/h2-3,5,7-8,11,14-16,18-21H,1,4,6,9-10,12H2. The molecule has 2 aliphatic carbocycles. The van der Waals surface area contributed by atoms with Gasteiger partial charge in [0.05, 0.1) is 6.17 Å². The van der Waals surface area contributed by atoms with E-state index >= 15 is 0 Å². The molecule has 0 aromatic heterocycles. The van der Waals surface area contributed by atoms with Crippen LogP contribution in [0.4, 0.5) is 5.69 Å². The van der Waals surface area contributed by atoms with Crippen LogP contribution in [0.3, 0.4) is 0 Å². The lowest BCUT2D eigenvalue weighted by molar-refractivity contribution is 0.290. The van der Waals surface area contributed by atoms with E-state index in [1.54, 1.807) is 0 Å². The van der Waals surface area contributed by atoms with E-state index in [-0.39, 0.29) is 0 Å². The van der Waals surface area contributed by atoms with Gasteiger partial charge in [0.25, 0.3) is 0 Å². The van der Waals surface area contributed by atoms with Crippen molar-refractivity contribution in [3.8, 4) is 0 Å². The Hall–Kier alpha value is -1.32. The van der Waals surface area contributed by atoms with Gasteiger partial charge < -0.3 is 4.90 Å². The topological polar surface area (TPSA) is 27.3 Å². The molecule has 2 aliphatic heterocycles. The summed E-state index contributed by atoms with van der Waals surface area (Å²) in [7, 11) is 0. The molecule has 2 heterocycles. The molecule has 1 saturated carbocycles. The minimum Gasteiger partial charge on any atom is -0.350 e. The first kappa shape index (κ1) is 13.1. The van der Waals surface area contributed by atoms with Gasteiger partial charge in [0.15, 0.2) is 0 Å². The molecule has 116 valence electrons. The molecule has 5 atom stereocenters. The summed E-state index contributed by atoms with van der Waals surface area (Å²) in [5, 5.41) is 0. The highest BCUT2D eigenvalue weighted by Gasteiger charge is 2.47. The van der Waals surface area contributed by atoms with E-state index in [1.807, 2.05) is 0 Å². The molecule has 2 fully saturated rings. The monoisotopic (exact) mass is 295 g/mol. The first-order valence-corrected chi connectivity index (χ1v) is 8.98. The average Bonchev–Trinajstić information content (AvgIpc) is 3.14. The van der Waals surface area contributed by atoms with E-state index in [9.17, 15) is 0 Å². The van der Waals surface area contributed by atoms with Crippen molar-refractivity contribution in [3.05, 3.63) is 42.0 Å². The first-order chi connectivity index (χ1) is 10.9.